The second-order valence-corrected chi connectivity index (χ2v) is 6.73. The molecule has 0 aliphatic carbocycles. The first-order valence-electron chi connectivity index (χ1n) is 8.00. The van der Waals surface area contributed by atoms with Gasteiger partial charge in [0, 0.05) is 23.0 Å². The minimum Gasteiger partial charge on any atom is -0.481 e. The van der Waals surface area contributed by atoms with Crippen molar-refractivity contribution < 1.29 is 19.5 Å². The summed E-state index contributed by atoms with van der Waals surface area (Å²) in [5.41, 5.74) is 1.40. The maximum Gasteiger partial charge on any atom is 0.303 e. The van der Waals surface area contributed by atoms with Gasteiger partial charge in [-0.05, 0) is 36.6 Å². The topological polar surface area (TPSA) is 74.7 Å². The third-order valence-electron chi connectivity index (χ3n) is 3.87. The van der Waals surface area contributed by atoms with Crippen LogP contribution in [0.3, 0.4) is 0 Å². The Balaban J connectivity index is 1.86. The van der Waals surface area contributed by atoms with Crippen LogP contribution in [0, 0.1) is 0 Å². The Bertz CT molecular complexity index is 669. The number of amides is 2. The van der Waals surface area contributed by atoms with Crippen LogP contribution in [0.2, 0.25) is 0 Å². The fourth-order valence-corrected chi connectivity index (χ4v) is 3.07. The molecule has 1 saturated heterocycles. The van der Waals surface area contributed by atoms with Gasteiger partial charge in [-0.3, -0.25) is 19.3 Å². The number of unbranched alkanes of at least 4 members (excludes halogenated alkanes) is 3. The number of likely N-dealkylation sites (tertiary alicyclic amines) is 1. The molecular formula is C18H20BrNO4. The lowest BCUT2D eigenvalue weighted by atomic mass is 10.1. The molecule has 0 saturated carbocycles. The molecule has 0 atom stereocenters. The molecular weight excluding hydrogens is 374 g/mol. The van der Waals surface area contributed by atoms with Crippen LogP contribution in [0.15, 0.2) is 34.3 Å². The summed E-state index contributed by atoms with van der Waals surface area (Å²) in [5.74, 6) is -1.17. The Morgan fingerprint density at radius 3 is 2.67 bits per heavy atom. The van der Waals surface area contributed by atoms with Crippen molar-refractivity contribution in [3.05, 3.63) is 39.9 Å². The number of carbonyl (C=O) groups excluding carboxylic acids is 2. The summed E-state index contributed by atoms with van der Waals surface area (Å²) in [6.07, 6.45) is 5.02. The number of carboxylic acids is 1. The molecule has 5 nitrogen and oxygen atoms in total. The fourth-order valence-electron chi connectivity index (χ4n) is 2.66. The van der Waals surface area contributed by atoms with E-state index < -0.39 is 5.97 Å². The lowest BCUT2D eigenvalue weighted by molar-refractivity contribution is -0.138. The highest BCUT2D eigenvalue weighted by atomic mass is 79.9. The number of hydrogen-bond acceptors (Lipinski definition) is 3. The summed E-state index contributed by atoms with van der Waals surface area (Å²) >= 11 is 3.39. The van der Waals surface area contributed by atoms with Crippen LogP contribution in [0.25, 0.3) is 6.08 Å². The molecule has 2 amide bonds. The molecule has 0 unspecified atom stereocenters. The Labute approximate surface area is 149 Å². The average Bonchev–Trinajstić information content (AvgIpc) is 2.77. The van der Waals surface area contributed by atoms with Gasteiger partial charge in [0.2, 0.25) is 5.91 Å². The van der Waals surface area contributed by atoms with Crippen LogP contribution < -0.4 is 0 Å². The summed E-state index contributed by atoms with van der Waals surface area (Å²) in [6, 6.07) is 7.57. The van der Waals surface area contributed by atoms with Crippen molar-refractivity contribution in [1.29, 1.82) is 0 Å². The van der Waals surface area contributed by atoms with Crippen molar-refractivity contribution in [1.82, 2.24) is 4.90 Å². The quantitative estimate of drug-likeness (QED) is 0.415. The number of carbonyl (C=O) groups is 3. The Kier molecular flexibility index (Phi) is 6.73. The summed E-state index contributed by atoms with van der Waals surface area (Å²) in [7, 11) is 0. The number of aliphatic carboxylic acids is 1. The van der Waals surface area contributed by atoms with E-state index in [2.05, 4.69) is 15.9 Å². The largest absolute Gasteiger partial charge is 0.481 e. The van der Waals surface area contributed by atoms with Crippen LogP contribution in [-0.2, 0) is 14.4 Å². The molecule has 1 aliphatic heterocycles. The third-order valence-corrected chi connectivity index (χ3v) is 4.37. The molecule has 6 heteroatoms. The van der Waals surface area contributed by atoms with E-state index in [0.717, 1.165) is 22.9 Å². The Morgan fingerprint density at radius 1 is 1.21 bits per heavy atom. The van der Waals surface area contributed by atoms with Crippen molar-refractivity contribution in [2.75, 3.05) is 6.54 Å². The monoisotopic (exact) mass is 393 g/mol. The van der Waals surface area contributed by atoms with Gasteiger partial charge in [-0.1, -0.05) is 40.9 Å². The molecule has 2 rings (SSSR count). The highest BCUT2D eigenvalue weighted by Gasteiger charge is 2.32. The number of hydrogen-bond donors (Lipinski definition) is 1. The first kappa shape index (κ1) is 18.4. The van der Waals surface area contributed by atoms with E-state index in [1.165, 1.54) is 4.90 Å². The maximum atomic E-state index is 12.4. The zero-order chi connectivity index (χ0) is 17.5. The van der Waals surface area contributed by atoms with E-state index >= 15 is 0 Å². The number of nitrogens with zero attached hydrogens (tertiary/aromatic N) is 1. The number of imide groups is 1. The smallest absolute Gasteiger partial charge is 0.303 e. The number of carboxylic acid groups (broad SMARTS) is 1. The minimum absolute atomic E-state index is 0.143. The molecule has 1 aromatic carbocycles. The second-order valence-electron chi connectivity index (χ2n) is 5.81. The molecule has 0 radical (unpaired) electrons. The van der Waals surface area contributed by atoms with Gasteiger partial charge >= 0.3 is 5.97 Å². The first-order chi connectivity index (χ1) is 11.5. The molecule has 1 heterocycles. The van der Waals surface area contributed by atoms with Crippen molar-refractivity contribution in [2.24, 2.45) is 0 Å². The summed E-state index contributed by atoms with van der Waals surface area (Å²) in [4.78, 5) is 36.1. The zero-order valence-electron chi connectivity index (χ0n) is 13.3. The Hall–Kier alpha value is -1.95. The molecule has 128 valence electrons. The molecule has 1 N–H and O–H groups in total. The first-order valence-corrected chi connectivity index (χ1v) is 8.79. The predicted octanol–water partition coefficient (Wildman–Crippen LogP) is 3.63. The second kappa shape index (κ2) is 8.78. The predicted molar refractivity (Wildman–Crippen MR) is 94.2 cm³/mol. The lowest BCUT2D eigenvalue weighted by Gasteiger charge is -2.12. The fraction of sp³-hybridized carbons (Fsp3) is 0.389. The lowest BCUT2D eigenvalue weighted by Crippen LogP contribution is -2.30. The van der Waals surface area contributed by atoms with Gasteiger partial charge in [0.1, 0.15) is 0 Å². The van der Waals surface area contributed by atoms with Gasteiger partial charge in [-0.25, -0.2) is 0 Å². The SMILES string of the molecule is O=C(O)CCCCCCN1C(=O)C/C(=C\c2cccc(Br)c2)C1=O. The van der Waals surface area contributed by atoms with Crippen LogP contribution in [-0.4, -0.2) is 34.3 Å². The molecule has 1 aliphatic rings. The van der Waals surface area contributed by atoms with E-state index in [1.54, 1.807) is 6.08 Å². The molecule has 0 aromatic heterocycles. The van der Waals surface area contributed by atoms with Gasteiger partial charge in [0.15, 0.2) is 0 Å². The van der Waals surface area contributed by atoms with Crippen LogP contribution >= 0.6 is 15.9 Å². The Morgan fingerprint density at radius 2 is 1.96 bits per heavy atom. The third kappa shape index (κ3) is 5.30. The van der Waals surface area contributed by atoms with E-state index in [1.807, 2.05) is 24.3 Å². The van der Waals surface area contributed by atoms with Crippen molar-refractivity contribution in [2.45, 2.75) is 38.5 Å². The minimum atomic E-state index is -0.790. The summed E-state index contributed by atoms with van der Waals surface area (Å²) in [6.45, 7) is 0.403. The van der Waals surface area contributed by atoms with Crippen molar-refractivity contribution in [3.8, 4) is 0 Å². The van der Waals surface area contributed by atoms with Gasteiger partial charge in [0.25, 0.3) is 5.91 Å². The zero-order valence-corrected chi connectivity index (χ0v) is 14.9. The molecule has 1 aromatic rings. The van der Waals surface area contributed by atoms with E-state index in [-0.39, 0.29) is 24.7 Å². The summed E-state index contributed by atoms with van der Waals surface area (Å²) in [5, 5.41) is 8.57. The molecule has 0 spiro atoms. The van der Waals surface area contributed by atoms with Crippen molar-refractivity contribution >= 4 is 39.8 Å². The van der Waals surface area contributed by atoms with E-state index in [4.69, 9.17) is 5.11 Å². The highest BCUT2D eigenvalue weighted by molar-refractivity contribution is 9.10. The van der Waals surface area contributed by atoms with Gasteiger partial charge in [-0.2, -0.15) is 0 Å². The van der Waals surface area contributed by atoms with Crippen LogP contribution in [0.1, 0.15) is 44.1 Å². The molecule has 1 fully saturated rings. The average molecular weight is 394 g/mol. The van der Waals surface area contributed by atoms with Gasteiger partial charge in [-0.15, -0.1) is 0 Å². The van der Waals surface area contributed by atoms with Crippen LogP contribution in [0.4, 0.5) is 0 Å². The maximum absolute atomic E-state index is 12.4. The van der Waals surface area contributed by atoms with E-state index in [9.17, 15) is 14.4 Å². The van der Waals surface area contributed by atoms with Crippen LogP contribution in [0.5, 0.6) is 0 Å². The van der Waals surface area contributed by atoms with Gasteiger partial charge < -0.3 is 5.11 Å². The molecule has 0 bridgehead atoms. The number of rotatable bonds is 8. The number of halogens is 1. The number of benzene rings is 1. The summed E-state index contributed by atoms with van der Waals surface area (Å²) < 4.78 is 0.923. The normalized spacial score (nSPS) is 16.2. The molecule has 24 heavy (non-hydrogen) atoms. The van der Waals surface area contributed by atoms with E-state index in [0.29, 0.717) is 25.0 Å². The standard InChI is InChI=1S/C18H20BrNO4/c19-15-7-5-6-13(11-15)10-14-12-16(21)20(18(14)24)9-4-2-1-3-8-17(22)23/h5-7,10-11H,1-4,8-9,12H2,(H,22,23)/b14-10+. The highest BCUT2D eigenvalue weighted by Crippen LogP contribution is 2.23. The van der Waals surface area contributed by atoms with Crippen molar-refractivity contribution in [3.63, 3.8) is 0 Å². The van der Waals surface area contributed by atoms with Gasteiger partial charge in [0.05, 0.1) is 6.42 Å².